The van der Waals surface area contributed by atoms with Gasteiger partial charge in [-0.05, 0) is 44.4 Å². The minimum absolute atomic E-state index is 0.135. The molecule has 0 saturated carbocycles. The fourth-order valence-corrected chi connectivity index (χ4v) is 4.51. The van der Waals surface area contributed by atoms with Crippen LogP contribution in [0.15, 0.2) is 23.0 Å². The summed E-state index contributed by atoms with van der Waals surface area (Å²) < 4.78 is 1.64. The Balaban J connectivity index is 2.02. The number of nitrogens with one attached hydrogen (secondary N) is 1. The van der Waals surface area contributed by atoms with Crippen LogP contribution in [-0.4, -0.2) is 15.5 Å². The van der Waals surface area contributed by atoms with E-state index >= 15 is 0 Å². The van der Waals surface area contributed by atoms with Gasteiger partial charge in [-0.25, -0.2) is 4.98 Å². The number of unbranched alkanes of at least 4 members (excludes halogenated alkanes) is 1. The van der Waals surface area contributed by atoms with E-state index in [1.54, 1.807) is 11.5 Å². The van der Waals surface area contributed by atoms with E-state index in [1.807, 2.05) is 39.0 Å². The van der Waals surface area contributed by atoms with Crippen LogP contribution in [0.25, 0.3) is 10.2 Å². The van der Waals surface area contributed by atoms with Crippen molar-refractivity contribution in [3.05, 3.63) is 55.9 Å². The van der Waals surface area contributed by atoms with Crippen LogP contribution in [0.5, 0.6) is 0 Å². The summed E-state index contributed by atoms with van der Waals surface area (Å²) in [5.41, 5.74) is 3.40. The number of hydrogen-bond acceptors (Lipinski definition) is 5. The van der Waals surface area contributed by atoms with Crippen molar-refractivity contribution in [2.75, 3.05) is 5.32 Å². The first-order chi connectivity index (χ1) is 13.9. The zero-order valence-electron chi connectivity index (χ0n) is 17.1. The third kappa shape index (κ3) is 4.08. The van der Waals surface area contributed by atoms with E-state index in [0.29, 0.717) is 52.3 Å². The number of nitrogens with zero attached hydrogens (tertiary/aromatic N) is 3. The van der Waals surface area contributed by atoms with Crippen LogP contribution in [0, 0.1) is 32.1 Å². The topological polar surface area (TPSA) is 87.8 Å². The number of fused-ring (bicyclic) bond motifs is 1. The number of aromatic nitrogens is 2. The number of carbonyl (C=O) groups excluding carboxylic acids is 1. The van der Waals surface area contributed by atoms with Crippen LogP contribution in [0.4, 0.5) is 5.69 Å². The molecular weight excluding hydrogens is 384 g/mol. The lowest BCUT2D eigenvalue weighted by Gasteiger charge is -2.10. The van der Waals surface area contributed by atoms with Gasteiger partial charge in [-0.2, -0.15) is 5.26 Å². The van der Waals surface area contributed by atoms with E-state index in [1.165, 1.54) is 11.3 Å². The third-order valence-electron chi connectivity index (χ3n) is 4.95. The largest absolute Gasteiger partial charge is 0.321 e. The Hall–Kier alpha value is -2.98. The summed E-state index contributed by atoms with van der Waals surface area (Å²) in [5, 5.41) is 12.2. The van der Waals surface area contributed by atoms with E-state index in [9.17, 15) is 9.59 Å². The van der Waals surface area contributed by atoms with Gasteiger partial charge >= 0.3 is 0 Å². The van der Waals surface area contributed by atoms with Crippen molar-refractivity contribution >= 4 is 33.1 Å². The second-order valence-electron chi connectivity index (χ2n) is 7.11. The smallest absolute Gasteiger partial charge is 0.266 e. The molecule has 150 valence electrons. The number of thiophene rings is 1. The highest BCUT2D eigenvalue weighted by Crippen LogP contribution is 2.29. The first-order valence-corrected chi connectivity index (χ1v) is 10.5. The second-order valence-corrected chi connectivity index (χ2v) is 8.11. The fraction of sp³-hybridized carbons (Fsp3) is 0.364. The van der Waals surface area contributed by atoms with Crippen molar-refractivity contribution < 1.29 is 4.79 Å². The molecule has 1 amide bonds. The Kier molecular flexibility index (Phi) is 6.14. The van der Waals surface area contributed by atoms with Gasteiger partial charge in [-0.3, -0.25) is 14.2 Å². The maximum Gasteiger partial charge on any atom is 0.266 e. The molecule has 3 aromatic rings. The SMILES string of the molecule is CCc1nc2sc(C(=O)Nc3ccc(C)cc3C)c(C)c2c(=O)n1CCCC#N. The molecule has 0 unspecified atom stereocenters. The summed E-state index contributed by atoms with van der Waals surface area (Å²) in [6.45, 7) is 8.16. The number of rotatable bonds is 6. The number of nitriles is 1. The summed E-state index contributed by atoms with van der Waals surface area (Å²) in [5.74, 6) is 0.453. The molecule has 2 aromatic heterocycles. The summed E-state index contributed by atoms with van der Waals surface area (Å²) >= 11 is 1.25. The zero-order chi connectivity index (χ0) is 21.1. The predicted molar refractivity (Wildman–Crippen MR) is 117 cm³/mol. The maximum atomic E-state index is 13.1. The number of carbonyl (C=O) groups is 1. The van der Waals surface area contributed by atoms with Crippen LogP contribution in [0.1, 0.15) is 52.0 Å². The standard InChI is InChI=1S/C22H24N4O2S/c1-5-17-25-21-18(22(28)26(17)11-7-6-10-23)15(4)19(29-21)20(27)24-16-9-8-13(2)12-14(16)3/h8-9,12H,5-7,11H2,1-4H3,(H,24,27). The molecule has 0 spiro atoms. The van der Waals surface area contributed by atoms with Gasteiger partial charge in [0, 0.05) is 25.1 Å². The maximum absolute atomic E-state index is 13.1. The molecule has 0 aliphatic rings. The molecule has 0 saturated heterocycles. The lowest BCUT2D eigenvalue weighted by Crippen LogP contribution is -2.25. The van der Waals surface area contributed by atoms with E-state index in [4.69, 9.17) is 5.26 Å². The van der Waals surface area contributed by atoms with Crippen molar-refractivity contribution in [2.24, 2.45) is 0 Å². The molecule has 7 heteroatoms. The summed E-state index contributed by atoms with van der Waals surface area (Å²) in [6.07, 6.45) is 1.60. The highest BCUT2D eigenvalue weighted by atomic mass is 32.1. The van der Waals surface area contributed by atoms with Gasteiger partial charge in [0.1, 0.15) is 10.7 Å². The summed E-state index contributed by atoms with van der Waals surface area (Å²) in [6, 6.07) is 7.97. The zero-order valence-corrected chi connectivity index (χ0v) is 17.9. The normalized spacial score (nSPS) is 10.9. The average Bonchev–Trinajstić information content (AvgIpc) is 3.02. The fourth-order valence-electron chi connectivity index (χ4n) is 3.42. The Bertz CT molecular complexity index is 1180. The van der Waals surface area contributed by atoms with Crippen molar-refractivity contribution in [1.29, 1.82) is 5.26 Å². The molecule has 0 aliphatic carbocycles. The molecule has 0 radical (unpaired) electrons. The minimum Gasteiger partial charge on any atom is -0.321 e. The Labute approximate surface area is 173 Å². The Morgan fingerprint density at radius 1 is 1.31 bits per heavy atom. The average molecular weight is 409 g/mol. The molecule has 0 aliphatic heterocycles. The summed E-state index contributed by atoms with van der Waals surface area (Å²) in [4.78, 5) is 31.8. The van der Waals surface area contributed by atoms with Gasteiger partial charge in [-0.15, -0.1) is 11.3 Å². The van der Waals surface area contributed by atoms with Gasteiger partial charge in [0.25, 0.3) is 11.5 Å². The highest BCUT2D eigenvalue weighted by Gasteiger charge is 2.21. The van der Waals surface area contributed by atoms with E-state index in [2.05, 4.69) is 16.4 Å². The number of anilines is 1. The van der Waals surface area contributed by atoms with Crippen LogP contribution in [0.3, 0.4) is 0 Å². The van der Waals surface area contributed by atoms with Gasteiger partial charge < -0.3 is 5.32 Å². The Morgan fingerprint density at radius 3 is 2.72 bits per heavy atom. The lowest BCUT2D eigenvalue weighted by atomic mass is 10.1. The second kappa shape index (κ2) is 8.58. The molecule has 2 heterocycles. The van der Waals surface area contributed by atoms with Gasteiger partial charge in [0.15, 0.2) is 0 Å². The first kappa shape index (κ1) is 20.7. The number of amides is 1. The van der Waals surface area contributed by atoms with Crippen LogP contribution >= 0.6 is 11.3 Å². The molecule has 1 N–H and O–H groups in total. The quantitative estimate of drug-likeness (QED) is 0.608. The molecule has 1 aromatic carbocycles. The third-order valence-corrected chi connectivity index (χ3v) is 6.14. The highest BCUT2D eigenvalue weighted by molar-refractivity contribution is 7.20. The van der Waals surface area contributed by atoms with Crippen molar-refractivity contribution in [2.45, 2.75) is 53.5 Å². The van der Waals surface area contributed by atoms with Crippen molar-refractivity contribution in [3.63, 3.8) is 0 Å². The number of aryl methyl sites for hydroxylation is 4. The minimum atomic E-state index is -0.231. The molecular formula is C22H24N4O2S. The Morgan fingerprint density at radius 2 is 2.07 bits per heavy atom. The predicted octanol–water partition coefficient (Wildman–Crippen LogP) is 4.50. The van der Waals surface area contributed by atoms with E-state index < -0.39 is 0 Å². The van der Waals surface area contributed by atoms with Crippen molar-refractivity contribution in [1.82, 2.24) is 9.55 Å². The molecule has 0 atom stereocenters. The molecule has 29 heavy (non-hydrogen) atoms. The van der Waals surface area contributed by atoms with Gasteiger partial charge in [-0.1, -0.05) is 24.6 Å². The van der Waals surface area contributed by atoms with Crippen LogP contribution in [0.2, 0.25) is 0 Å². The van der Waals surface area contributed by atoms with Crippen LogP contribution in [-0.2, 0) is 13.0 Å². The first-order valence-electron chi connectivity index (χ1n) is 9.65. The molecule has 0 bridgehead atoms. The van der Waals surface area contributed by atoms with Crippen molar-refractivity contribution in [3.8, 4) is 6.07 Å². The number of hydrogen-bond donors (Lipinski definition) is 1. The van der Waals surface area contributed by atoms with E-state index in [-0.39, 0.29) is 11.5 Å². The van der Waals surface area contributed by atoms with E-state index in [0.717, 1.165) is 16.8 Å². The number of benzene rings is 1. The van der Waals surface area contributed by atoms with Crippen LogP contribution < -0.4 is 10.9 Å². The monoisotopic (exact) mass is 408 g/mol. The molecule has 6 nitrogen and oxygen atoms in total. The molecule has 3 rings (SSSR count). The lowest BCUT2D eigenvalue weighted by molar-refractivity contribution is 0.103. The van der Waals surface area contributed by atoms with Gasteiger partial charge in [0.2, 0.25) is 0 Å². The van der Waals surface area contributed by atoms with Gasteiger partial charge in [0.05, 0.1) is 16.3 Å². The summed E-state index contributed by atoms with van der Waals surface area (Å²) in [7, 11) is 0. The molecule has 0 fully saturated rings.